The maximum absolute atomic E-state index is 5.97. The van der Waals surface area contributed by atoms with Crippen molar-refractivity contribution >= 4 is 28.9 Å². The lowest BCUT2D eigenvalue weighted by Gasteiger charge is -2.13. The second-order valence-corrected chi connectivity index (χ2v) is 5.43. The van der Waals surface area contributed by atoms with E-state index in [2.05, 4.69) is 10.3 Å². The smallest absolute Gasteiger partial charge is 0.128 e. The zero-order chi connectivity index (χ0) is 14.7. The zero-order valence-electron chi connectivity index (χ0n) is 11.6. The van der Waals surface area contributed by atoms with Crippen LogP contribution in [-0.4, -0.2) is 12.1 Å². The van der Waals surface area contributed by atoms with Gasteiger partial charge in [-0.15, -0.1) is 0 Å². The highest BCUT2D eigenvalue weighted by Crippen LogP contribution is 2.26. The number of benzene rings is 1. The molecule has 0 aliphatic rings. The standard InChI is InChI=1S/C15H16Cl2N2O/c1-9-7-19-14(10(2)15(9)20-3)8-18-13-5-11(16)4-12(17)6-13/h4-7,18H,8H2,1-3H3. The van der Waals surface area contributed by atoms with Crippen LogP contribution in [0.15, 0.2) is 24.4 Å². The number of ether oxygens (including phenoxy) is 1. The molecule has 1 heterocycles. The zero-order valence-corrected chi connectivity index (χ0v) is 13.1. The van der Waals surface area contributed by atoms with Crippen LogP contribution in [0.3, 0.4) is 0 Å². The van der Waals surface area contributed by atoms with Crippen molar-refractivity contribution in [2.45, 2.75) is 20.4 Å². The molecule has 20 heavy (non-hydrogen) atoms. The second kappa shape index (κ2) is 6.33. The molecular formula is C15H16Cl2N2O. The van der Waals surface area contributed by atoms with Crippen LogP contribution in [0, 0.1) is 13.8 Å². The number of methoxy groups -OCH3 is 1. The normalized spacial score (nSPS) is 10.4. The lowest BCUT2D eigenvalue weighted by Crippen LogP contribution is -2.06. The van der Waals surface area contributed by atoms with Gasteiger partial charge in [-0.1, -0.05) is 23.2 Å². The third kappa shape index (κ3) is 3.35. The van der Waals surface area contributed by atoms with Crippen molar-refractivity contribution in [1.29, 1.82) is 0 Å². The van der Waals surface area contributed by atoms with Crippen molar-refractivity contribution in [3.8, 4) is 5.75 Å². The van der Waals surface area contributed by atoms with Crippen LogP contribution in [0.5, 0.6) is 5.75 Å². The minimum absolute atomic E-state index is 0.582. The van der Waals surface area contributed by atoms with Gasteiger partial charge in [-0.25, -0.2) is 0 Å². The Morgan fingerprint density at radius 2 is 1.80 bits per heavy atom. The molecule has 106 valence electrons. The van der Waals surface area contributed by atoms with Gasteiger partial charge in [0.2, 0.25) is 0 Å². The number of halogens is 2. The molecule has 0 fully saturated rings. The topological polar surface area (TPSA) is 34.1 Å². The minimum Gasteiger partial charge on any atom is -0.496 e. The number of nitrogens with zero attached hydrogens (tertiary/aromatic N) is 1. The van der Waals surface area contributed by atoms with Crippen LogP contribution in [-0.2, 0) is 6.54 Å². The lowest BCUT2D eigenvalue weighted by molar-refractivity contribution is 0.407. The van der Waals surface area contributed by atoms with Crippen molar-refractivity contribution in [3.63, 3.8) is 0 Å². The molecule has 1 aromatic carbocycles. The fourth-order valence-corrected chi connectivity index (χ4v) is 2.62. The van der Waals surface area contributed by atoms with Gasteiger partial charge in [-0.05, 0) is 32.0 Å². The largest absolute Gasteiger partial charge is 0.496 e. The van der Waals surface area contributed by atoms with E-state index in [9.17, 15) is 0 Å². The van der Waals surface area contributed by atoms with Gasteiger partial charge in [-0.2, -0.15) is 0 Å². The van der Waals surface area contributed by atoms with Gasteiger partial charge in [0.25, 0.3) is 0 Å². The number of rotatable bonds is 4. The third-order valence-electron chi connectivity index (χ3n) is 3.07. The van der Waals surface area contributed by atoms with E-state index >= 15 is 0 Å². The Morgan fingerprint density at radius 3 is 2.40 bits per heavy atom. The summed E-state index contributed by atoms with van der Waals surface area (Å²) < 4.78 is 5.40. The van der Waals surface area contributed by atoms with E-state index in [1.807, 2.05) is 32.2 Å². The maximum Gasteiger partial charge on any atom is 0.128 e. The van der Waals surface area contributed by atoms with E-state index in [0.29, 0.717) is 16.6 Å². The van der Waals surface area contributed by atoms with Crippen LogP contribution in [0.2, 0.25) is 10.0 Å². The third-order valence-corrected chi connectivity index (χ3v) is 3.51. The summed E-state index contributed by atoms with van der Waals surface area (Å²) in [5.41, 5.74) is 3.86. The van der Waals surface area contributed by atoms with Crippen LogP contribution < -0.4 is 10.1 Å². The van der Waals surface area contributed by atoms with Gasteiger partial charge in [0, 0.05) is 33.1 Å². The predicted octanol–water partition coefficient (Wildman–Crippen LogP) is 4.63. The molecule has 5 heteroatoms. The molecule has 0 bridgehead atoms. The predicted molar refractivity (Wildman–Crippen MR) is 84.1 cm³/mol. The van der Waals surface area contributed by atoms with Crippen LogP contribution >= 0.6 is 23.2 Å². The molecule has 0 unspecified atom stereocenters. The molecule has 0 saturated carbocycles. The fraction of sp³-hybridized carbons (Fsp3) is 0.267. The molecule has 3 nitrogen and oxygen atoms in total. The van der Waals surface area contributed by atoms with Crippen molar-refractivity contribution in [2.24, 2.45) is 0 Å². The van der Waals surface area contributed by atoms with E-state index in [1.54, 1.807) is 13.2 Å². The minimum atomic E-state index is 0.582. The lowest BCUT2D eigenvalue weighted by atomic mass is 10.1. The number of nitrogens with one attached hydrogen (secondary N) is 1. The monoisotopic (exact) mass is 310 g/mol. The molecule has 0 aliphatic heterocycles. The van der Waals surface area contributed by atoms with E-state index in [1.165, 1.54) is 0 Å². The Bertz CT molecular complexity index is 609. The Labute approximate surface area is 128 Å². The fourth-order valence-electron chi connectivity index (χ4n) is 2.09. The van der Waals surface area contributed by atoms with E-state index in [-0.39, 0.29) is 0 Å². The maximum atomic E-state index is 5.97. The van der Waals surface area contributed by atoms with Crippen LogP contribution in [0.25, 0.3) is 0 Å². The number of aromatic nitrogens is 1. The molecule has 0 spiro atoms. The van der Waals surface area contributed by atoms with Gasteiger partial charge >= 0.3 is 0 Å². The average molecular weight is 311 g/mol. The Kier molecular flexibility index (Phi) is 4.73. The average Bonchev–Trinajstić information content (AvgIpc) is 2.37. The van der Waals surface area contributed by atoms with Gasteiger partial charge < -0.3 is 10.1 Å². The highest BCUT2D eigenvalue weighted by atomic mass is 35.5. The molecule has 0 saturated heterocycles. The number of aryl methyl sites for hydroxylation is 1. The number of pyridine rings is 1. The van der Waals surface area contributed by atoms with Crippen molar-refractivity contribution in [2.75, 3.05) is 12.4 Å². The molecule has 0 amide bonds. The molecule has 1 N–H and O–H groups in total. The molecule has 2 rings (SSSR count). The molecular weight excluding hydrogens is 295 g/mol. The Balaban J connectivity index is 2.19. The van der Waals surface area contributed by atoms with Gasteiger partial charge in [0.15, 0.2) is 0 Å². The first-order chi connectivity index (χ1) is 9.51. The first kappa shape index (κ1) is 14.9. The Morgan fingerprint density at radius 1 is 1.15 bits per heavy atom. The first-order valence-electron chi connectivity index (χ1n) is 6.20. The summed E-state index contributed by atoms with van der Waals surface area (Å²) in [7, 11) is 1.67. The van der Waals surface area contributed by atoms with Gasteiger partial charge in [0.1, 0.15) is 5.75 Å². The molecule has 0 radical (unpaired) electrons. The summed E-state index contributed by atoms with van der Waals surface area (Å²) in [5.74, 6) is 0.876. The number of hydrogen-bond donors (Lipinski definition) is 1. The summed E-state index contributed by atoms with van der Waals surface area (Å²) in [5, 5.41) is 4.47. The van der Waals surface area contributed by atoms with Crippen LogP contribution in [0.4, 0.5) is 5.69 Å². The SMILES string of the molecule is COc1c(C)cnc(CNc2cc(Cl)cc(Cl)c2)c1C. The van der Waals surface area contributed by atoms with Crippen molar-refractivity contribution < 1.29 is 4.74 Å². The summed E-state index contributed by atoms with van der Waals surface area (Å²) in [6.07, 6.45) is 1.81. The molecule has 1 aromatic heterocycles. The van der Waals surface area contributed by atoms with Crippen molar-refractivity contribution in [3.05, 3.63) is 51.3 Å². The van der Waals surface area contributed by atoms with E-state index in [4.69, 9.17) is 27.9 Å². The Hall–Kier alpha value is -1.45. The quantitative estimate of drug-likeness (QED) is 0.894. The van der Waals surface area contributed by atoms with Crippen LogP contribution in [0.1, 0.15) is 16.8 Å². The molecule has 0 aliphatic carbocycles. The highest BCUT2D eigenvalue weighted by Gasteiger charge is 2.09. The summed E-state index contributed by atoms with van der Waals surface area (Å²) >= 11 is 11.9. The second-order valence-electron chi connectivity index (χ2n) is 4.56. The molecule has 2 aromatic rings. The summed E-state index contributed by atoms with van der Waals surface area (Å²) in [6, 6.07) is 5.36. The molecule has 0 atom stereocenters. The van der Waals surface area contributed by atoms with E-state index in [0.717, 1.165) is 28.3 Å². The highest BCUT2D eigenvalue weighted by molar-refractivity contribution is 6.35. The van der Waals surface area contributed by atoms with Gasteiger partial charge in [0.05, 0.1) is 19.3 Å². The van der Waals surface area contributed by atoms with E-state index < -0.39 is 0 Å². The summed E-state index contributed by atoms with van der Waals surface area (Å²) in [4.78, 5) is 4.44. The van der Waals surface area contributed by atoms with Crippen molar-refractivity contribution in [1.82, 2.24) is 4.98 Å². The number of anilines is 1. The first-order valence-corrected chi connectivity index (χ1v) is 6.96. The van der Waals surface area contributed by atoms with Gasteiger partial charge in [-0.3, -0.25) is 4.98 Å². The summed E-state index contributed by atoms with van der Waals surface area (Å²) in [6.45, 7) is 4.56. The number of hydrogen-bond acceptors (Lipinski definition) is 3.